The van der Waals surface area contributed by atoms with Crippen LogP contribution in [0.4, 0.5) is 4.79 Å². The molecule has 0 aromatic carbocycles. The summed E-state index contributed by atoms with van der Waals surface area (Å²) in [5, 5.41) is 0. The van der Waals surface area contributed by atoms with Crippen molar-refractivity contribution in [2.24, 2.45) is 5.73 Å². The number of carbonyl (C=O) groups excluding carboxylic acids is 1. The van der Waals surface area contributed by atoms with Gasteiger partial charge >= 0.3 is 6.09 Å². The highest BCUT2D eigenvalue weighted by atomic mass is 16.6. The summed E-state index contributed by atoms with van der Waals surface area (Å²) in [5.41, 5.74) is 5.17. The number of nitrogens with zero attached hydrogens (tertiary/aromatic N) is 1. The molecule has 2 atom stereocenters. The second-order valence-electron chi connectivity index (χ2n) is 5.58. The van der Waals surface area contributed by atoms with Crippen LogP contribution in [0.3, 0.4) is 0 Å². The van der Waals surface area contributed by atoms with Crippen LogP contribution in [0.5, 0.6) is 0 Å². The van der Waals surface area contributed by atoms with Gasteiger partial charge in [0, 0.05) is 12.6 Å². The summed E-state index contributed by atoms with van der Waals surface area (Å²) in [6.07, 6.45) is 3.40. The van der Waals surface area contributed by atoms with Gasteiger partial charge in [-0.1, -0.05) is 12.2 Å². The molecule has 0 bridgehead atoms. The summed E-state index contributed by atoms with van der Waals surface area (Å²) in [6, 6.07) is -0.00879. The Hall–Kier alpha value is -1.07. The van der Waals surface area contributed by atoms with Gasteiger partial charge in [0.2, 0.25) is 0 Å². The van der Waals surface area contributed by atoms with Crippen molar-refractivity contribution in [3.63, 3.8) is 0 Å². The molecule has 0 aromatic rings. The van der Waals surface area contributed by atoms with Crippen LogP contribution in [-0.2, 0) is 9.47 Å². The number of ether oxygens (including phenoxy) is 2. The van der Waals surface area contributed by atoms with Crippen molar-refractivity contribution in [1.29, 1.82) is 0 Å². The van der Waals surface area contributed by atoms with E-state index in [0.717, 1.165) is 0 Å². The van der Waals surface area contributed by atoms with Gasteiger partial charge in [0.25, 0.3) is 0 Å². The van der Waals surface area contributed by atoms with E-state index in [-0.39, 0.29) is 18.2 Å². The van der Waals surface area contributed by atoms with E-state index >= 15 is 0 Å². The lowest BCUT2D eigenvalue weighted by Gasteiger charge is -2.33. The molecule has 1 amide bonds. The van der Waals surface area contributed by atoms with Crippen molar-refractivity contribution in [2.75, 3.05) is 19.7 Å². The van der Waals surface area contributed by atoms with Crippen LogP contribution >= 0.6 is 0 Å². The summed E-state index contributed by atoms with van der Waals surface area (Å²) >= 11 is 0. The van der Waals surface area contributed by atoms with Crippen LogP contribution in [0, 0.1) is 0 Å². The highest BCUT2D eigenvalue weighted by Gasteiger charge is 2.26. The average molecular weight is 256 g/mol. The monoisotopic (exact) mass is 256 g/mol. The van der Waals surface area contributed by atoms with Crippen LogP contribution in [0.2, 0.25) is 0 Å². The van der Waals surface area contributed by atoms with E-state index in [1.54, 1.807) is 4.90 Å². The molecule has 5 heteroatoms. The first-order valence-corrected chi connectivity index (χ1v) is 6.31. The first-order chi connectivity index (χ1) is 8.28. The summed E-state index contributed by atoms with van der Waals surface area (Å²) < 4.78 is 10.9. The fourth-order valence-electron chi connectivity index (χ4n) is 1.58. The lowest BCUT2D eigenvalue weighted by molar-refractivity contribution is -0.0264. The quantitative estimate of drug-likeness (QED) is 0.761. The van der Waals surface area contributed by atoms with Crippen LogP contribution in [0.25, 0.3) is 0 Å². The molecule has 2 N–H and O–H groups in total. The van der Waals surface area contributed by atoms with Gasteiger partial charge in [-0.2, -0.15) is 0 Å². The summed E-state index contributed by atoms with van der Waals surface area (Å²) in [7, 11) is 0. The molecule has 1 rings (SSSR count). The first-order valence-electron chi connectivity index (χ1n) is 6.31. The van der Waals surface area contributed by atoms with Gasteiger partial charge in [0.15, 0.2) is 0 Å². The fourth-order valence-corrected chi connectivity index (χ4v) is 1.58. The number of hydrogen-bond donors (Lipinski definition) is 1. The smallest absolute Gasteiger partial charge is 0.410 e. The Morgan fingerprint density at radius 1 is 1.56 bits per heavy atom. The lowest BCUT2D eigenvalue weighted by atomic mass is 10.2. The molecule has 104 valence electrons. The SMILES string of the molecule is CC(N)/C=C/C1CN(C(=O)OC(C)(C)C)CCO1. The molecule has 0 aromatic heterocycles. The Morgan fingerprint density at radius 3 is 2.78 bits per heavy atom. The normalized spacial score (nSPS) is 23.2. The molecular weight excluding hydrogens is 232 g/mol. The van der Waals surface area contributed by atoms with Crippen molar-refractivity contribution in [1.82, 2.24) is 4.90 Å². The van der Waals surface area contributed by atoms with Gasteiger partial charge in [0.1, 0.15) is 5.60 Å². The van der Waals surface area contributed by atoms with Gasteiger partial charge in [-0.3, -0.25) is 0 Å². The molecule has 1 saturated heterocycles. The third kappa shape index (κ3) is 5.51. The number of carbonyl (C=O) groups is 1. The predicted octanol–water partition coefficient (Wildman–Crippen LogP) is 1.53. The Kier molecular flexibility index (Phi) is 5.16. The van der Waals surface area contributed by atoms with Gasteiger partial charge < -0.3 is 20.1 Å². The summed E-state index contributed by atoms with van der Waals surface area (Å²) in [6.45, 7) is 9.07. The topological polar surface area (TPSA) is 64.8 Å². The molecule has 0 aliphatic carbocycles. The molecule has 1 fully saturated rings. The minimum atomic E-state index is -0.466. The summed E-state index contributed by atoms with van der Waals surface area (Å²) in [5.74, 6) is 0. The van der Waals surface area contributed by atoms with E-state index in [1.807, 2.05) is 39.8 Å². The molecular formula is C13H24N2O3. The Morgan fingerprint density at radius 2 is 2.22 bits per heavy atom. The third-order valence-corrected chi connectivity index (χ3v) is 2.37. The second kappa shape index (κ2) is 6.20. The van der Waals surface area contributed by atoms with Crippen LogP contribution in [0.1, 0.15) is 27.7 Å². The molecule has 18 heavy (non-hydrogen) atoms. The highest BCUT2D eigenvalue weighted by Crippen LogP contribution is 2.13. The van der Waals surface area contributed by atoms with Crippen LogP contribution < -0.4 is 5.73 Å². The Labute approximate surface area is 109 Å². The van der Waals surface area contributed by atoms with Gasteiger partial charge in [-0.15, -0.1) is 0 Å². The van der Waals surface area contributed by atoms with Gasteiger partial charge in [-0.05, 0) is 27.7 Å². The Bertz CT molecular complexity index is 308. The van der Waals surface area contributed by atoms with Crippen LogP contribution in [0.15, 0.2) is 12.2 Å². The minimum absolute atomic E-state index is 0.00879. The predicted molar refractivity (Wildman–Crippen MR) is 70.3 cm³/mol. The largest absolute Gasteiger partial charge is 0.444 e. The van der Waals surface area contributed by atoms with E-state index in [4.69, 9.17) is 15.2 Å². The lowest BCUT2D eigenvalue weighted by Crippen LogP contribution is -2.47. The minimum Gasteiger partial charge on any atom is -0.444 e. The molecule has 1 aliphatic rings. The van der Waals surface area contributed by atoms with Crippen LogP contribution in [-0.4, -0.2) is 48.4 Å². The molecule has 0 saturated carbocycles. The van der Waals surface area contributed by atoms with Crippen molar-refractivity contribution in [2.45, 2.75) is 45.4 Å². The zero-order valence-electron chi connectivity index (χ0n) is 11.7. The zero-order chi connectivity index (χ0) is 13.8. The van der Waals surface area contributed by atoms with Crippen molar-refractivity contribution < 1.29 is 14.3 Å². The van der Waals surface area contributed by atoms with Crippen molar-refractivity contribution in [3.05, 3.63) is 12.2 Å². The second-order valence-corrected chi connectivity index (χ2v) is 5.58. The molecule has 1 heterocycles. The molecule has 5 nitrogen and oxygen atoms in total. The van der Waals surface area contributed by atoms with Gasteiger partial charge in [0.05, 0.1) is 19.3 Å². The maximum Gasteiger partial charge on any atom is 0.410 e. The van der Waals surface area contributed by atoms with Crippen molar-refractivity contribution in [3.8, 4) is 0 Å². The maximum absolute atomic E-state index is 11.9. The molecule has 0 spiro atoms. The average Bonchev–Trinajstić information content (AvgIpc) is 2.24. The Balaban J connectivity index is 2.50. The standard InChI is InChI=1S/C13H24N2O3/c1-10(14)5-6-11-9-15(7-8-17-11)12(16)18-13(2,3)4/h5-6,10-11H,7-9,14H2,1-4H3/b6-5+. The number of morpholine rings is 1. The summed E-state index contributed by atoms with van der Waals surface area (Å²) in [4.78, 5) is 13.6. The van der Waals surface area contributed by atoms with Crippen molar-refractivity contribution >= 4 is 6.09 Å². The zero-order valence-corrected chi connectivity index (χ0v) is 11.7. The molecule has 0 radical (unpaired) electrons. The number of hydrogen-bond acceptors (Lipinski definition) is 4. The molecule has 1 aliphatic heterocycles. The van der Waals surface area contributed by atoms with E-state index in [0.29, 0.717) is 19.7 Å². The molecule has 2 unspecified atom stereocenters. The van der Waals surface area contributed by atoms with E-state index in [1.165, 1.54) is 0 Å². The van der Waals surface area contributed by atoms with Gasteiger partial charge in [-0.25, -0.2) is 4.79 Å². The van der Waals surface area contributed by atoms with E-state index in [2.05, 4.69) is 0 Å². The maximum atomic E-state index is 11.9. The number of rotatable bonds is 2. The van der Waals surface area contributed by atoms with E-state index in [9.17, 15) is 4.79 Å². The highest BCUT2D eigenvalue weighted by molar-refractivity contribution is 5.68. The fraction of sp³-hybridized carbons (Fsp3) is 0.769. The van der Waals surface area contributed by atoms with E-state index < -0.39 is 5.60 Å². The third-order valence-electron chi connectivity index (χ3n) is 2.37. The number of nitrogens with two attached hydrogens (primary N) is 1. The first kappa shape index (κ1) is 15.0. The number of amides is 1.